The summed E-state index contributed by atoms with van der Waals surface area (Å²) in [6, 6.07) is 5.27. The number of rotatable bonds is 7. The number of carboxylic acids is 1. The SMILES string of the molecule is COc1cc(C(c2cc(C)cs2)N2CCCC2C(=O)O)cc(OC)c1OC. The average Bonchev–Trinajstić information content (AvgIpc) is 3.30. The number of carboxylic acid groups (broad SMARTS) is 1. The van der Waals surface area contributed by atoms with E-state index in [2.05, 4.69) is 16.3 Å². The lowest BCUT2D eigenvalue weighted by Gasteiger charge is -2.31. The number of likely N-dealkylation sites (tertiary alicyclic amines) is 1. The molecule has 2 unspecified atom stereocenters. The monoisotopic (exact) mass is 391 g/mol. The second-order valence-corrected chi connectivity index (χ2v) is 7.56. The molecule has 1 N–H and O–H groups in total. The lowest BCUT2D eigenvalue weighted by atomic mass is 10.0. The van der Waals surface area contributed by atoms with Gasteiger partial charge in [0.25, 0.3) is 0 Å². The van der Waals surface area contributed by atoms with Crippen LogP contribution in [0, 0.1) is 6.92 Å². The van der Waals surface area contributed by atoms with Gasteiger partial charge < -0.3 is 19.3 Å². The van der Waals surface area contributed by atoms with Crippen molar-refractivity contribution in [1.82, 2.24) is 4.90 Å². The summed E-state index contributed by atoms with van der Waals surface area (Å²) < 4.78 is 16.5. The number of thiophene rings is 1. The van der Waals surface area contributed by atoms with Crippen molar-refractivity contribution in [3.05, 3.63) is 39.6 Å². The van der Waals surface area contributed by atoms with Gasteiger partial charge in [-0.2, -0.15) is 0 Å². The van der Waals surface area contributed by atoms with E-state index in [0.29, 0.717) is 23.7 Å². The standard InChI is InChI=1S/C20H25NO5S/c1-12-8-17(27-11-12)18(21-7-5-6-14(21)20(22)23)13-9-15(24-2)19(26-4)16(10-13)25-3/h8-11,14,18H,5-7H2,1-4H3,(H,22,23). The predicted molar refractivity (Wildman–Crippen MR) is 104 cm³/mol. The van der Waals surface area contributed by atoms with Crippen LogP contribution in [0.1, 0.15) is 34.9 Å². The Labute approximate surface area is 163 Å². The number of methoxy groups -OCH3 is 3. The Balaban J connectivity index is 2.15. The molecule has 0 amide bonds. The minimum Gasteiger partial charge on any atom is -0.493 e. The molecule has 3 rings (SSSR count). The van der Waals surface area contributed by atoms with Crippen LogP contribution in [-0.4, -0.2) is 49.9 Å². The molecule has 2 heterocycles. The molecule has 1 fully saturated rings. The molecule has 1 saturated heterocycles. The fourth-order valence-corrected chi connectivity index (χ4v) is 4.78. The number of benzene rings is 1. The molecule has 1 aromatic carbocycles. The molecule has 1 aliphatic heterocycles. The van der Waals surface area contributed by atoms with E-state index in [4.69, 9.17) is 14.2 Å². The summed E-state index contributed by atoms with van der Waals surface area (Å²) in [6.07, 6.45) is 1.52. The fourth-order valence-electron chi connectivity index (χ4n) is 3.74. The first-order chi connectivity index (χ1) is 13.0. The van der Waals surface area contributed by atoms with E-state index >= 15 is 0 Å². The van der Waals surface area contributed by atoms with Gasteiger partial charge in [-0.25, -0.2) is 0 Å². The maximum absolute atomic E-state index is 11.8. The van der Waals surface area contributed by atoms with Crippen molar-refractivity contribution in [3.63, 3.8) is 0 Å². The van der Waals surface area contributed by atoms with E-state index < -0.39 is 12.0 Å². The first-order valence-electron chi connectivity index (χ1n) is 8.83. The summed E-state index contributed by atoms with van der Waals surface area (Å²) in [6.45, 7) is 2.78. The molecule has 0 spiro atoms. The molecule has 2 aromatic rings. The van der Waals surface area contributed by atoms with Gasteiger partial charge in [-0.15, -0.1) is 11.3 Å². The van der Waals surface area contributed by atoms with Crippen molar-refractivity contribution in [2.24, 2.45) is 0 Å². The molecule has 6 nitrogen and oxygen atoms in total. The predicted octanol–water partition coefficient (Wildman–Crippen LogP) is 3.72. The summed E-state index contributed by atoms with van der Waals surface area (Å²) in [5, 5.41) is 11.8. The van der Waals surface area contributed by atoms with Gasteiger partial charge in [-0.3, -0.25) is 9.69 Å². The molecule has 27 heavy (non-hydrogen) atoms. The van der Waals surface area contributed by atoms with E-state index in [1.165, 1.54) is 5.56 Å². The number of aliphatic carboxylic acids is 1. The fraction of sp³-hybridized carbons (Fsp3) is 0.450. The summed E-state index contributed by atoms with van der Waals surface area (Å²) in [7, 11) is 4.74. The van der Waals surface area contributed by atoms with Crippen LogP contribution in [0.5, 0.6) is 17.2 Å². The van der Waals surface area contributed by atoms with Crippen LogP contribution in [0.3, 0.4) is 0 Å². The second-order valence-electron chi connectivity index (χ2n) is 6.62. The van der Waals surface area contributed by atoms with Crippen LogP contribution in [0.2, 0.25) is 0 Å². The van der Waals surface area contributed by atoms with Crippen molar-refractivity contribution in [2.45, 2.75) is 31.8 Å². The van der Waals surface area contributed by atoms with Gasteiger partial charge in [0.05, 0.1) is 27.4 Å². The van der Waals surface area contributed by atoms with Crippen molar-refractivity contribution in [1.29, 1.82) is 0 Å². The van der Waals surface area contributed by atoms with Gasteiger partial charge in [0.15, 0.2) is 11.5 Å². The molecular formula is C20H25NO5S. The van der Waals surface area contributed by atoms with Gasteiger partial charge in [-0.05, 0) is 54.5 Å². The zero-order valence-electron chi connectivity index (χ0n) is 16.0. The lowest BCUT2D eigenvalue weighted by molar-refractivity contribution is -0.142. The smallest absolute Gasteiger partial charge is 0.320 e. The molecule has 0 saturated carbocycles. The zero-order chi connectivity index (χ0) is 19.6. The average molecular weight is 391 g/mol. The van der Waals surface area contributed by atoms with Crippen LogP contribution in [0.15, 0.2) is 23.6 Å². The van der Waals surface area contributed by atoms with Crippen molar-refractivity contribution < 1.29 is 24.1 Å². The summed E-state index contributed by atoms with van der Waals surface area (Å²) in [5.41, 5.74) is 2.10. The van der Waals surface area contributed by atoms with Gasteiger partial charge in [-0.1, -0.05) is 0 Å². The number of carbonyl (C=O) groups is 1. The van der Waals surface area contributed by atoms with E-state index in [0.717, 1.165) is 23.4 Å². The minimum absolute atomic E-state index is 0.180. The summed E-state index contributed by atoms with van der Waals surface area (Å²) in [5.74, 6) is 0.881. The quantitative estimate of drug-likeness (QED) is 0.776. The number of hydrogen-bond acceptors (Lipinski definition) is 6. The van der Waals surface area contributed by atoms with Crippen molar-refractivity contribution >= 4 is 17.3 Å². The molecule has 0 bridgehead atoms. The minimum atomic E-state index is -0.779. The van der Waals surface area contributed by atoms with Crippen LogP contribution in [0.25, 0.3) is 0 Å². The summed E-state index contributed by atoms with van der Waals surface area (Å²) >= 11 is 1.64. The van der Waals surface area contributed by atoms with E-state index in [1.54, 1.807) is 32.7 Å². The number of nitrogens with zero attached hydrogens (tertiary/aromatic N) is 1. The number of aryl methyl sites for hydroxylation is 1. The third-order valence-electron chi connectivity index (χ3n) is 4.93. The maximum atomic E-state index is 11.8. The van der Waals surface area contributed by atoms with E-state index in [1.807, 2.05) is 19.1 Å². The lowest BCUT2D eigenvalue weighted by Crippen LogP contribution is -2.39. The Morgan fingerprint density at radius 1 is 1.19 bits per heavy atom. The number of hydrogen-bond donors (Lipinski definition) is 1. The molecule has 7 heteroatoms. The van der Waals surface area contributed by atoms with Crippen LogP contribution in [-0.2, 0) is 4.79 Å². The van der Waals surface area contributed by atoms with Gasteiger partial charge in [0, 0.05) is 11.4 Å². The highest BCUT2D eigenvalue weighted by atomic mass is 32.1. The second kappa shape index (κ2) is 8.19. The molecular weight excluding hydrogens is 366 g/mol. The normalized spacial score (nSPS) is 18.3. The molecule has 1 aromatic heterocycles. The Morgan fingerprint density at radius 2 is 1.85 bits per heavy atom. The Morgan fingerprint density at radius 3 is 2.33 bits per heavy atom. The Kier molecular flexibility index (Phi) is 5.92. The maximum Gasteiger partial charge on any atom is 0.320 e. The topological polar surface area (TPSA) is 68.2 Å². The highest BCUT2D eigenvalue weighted by Crippen LogP contribution is 2.44. The highest BCUT2D eigenvalue weighted by Gasteiger charge is 2.38. The highest BCUT2D eigenvalue weighted by molar-refractivity contribution is 7.10. The first kappa shape index (κ1) is 19.5. The van der Waals surface area contributed by atoms with Gasteiger partial charge in [0.1, 0.15) is 6.04 Å². The zero-order valence-corrected chi connectivity index (χ0v) is 16.8. The van der Waals surface area contributed by atoms with Crippen molar-refractivity contribution in [3.8, 4) is 17.2 Å². The van der Waals surface area contributed by atoms with E-state index in [9.17, 15) is 9.90 Å². The van der Waals surface area contributed by atoms with Crippen LogP contribution < -0.4 is 14.2 Å². The molecule has 146 valence electrons. The Hall–Kier alpha value is -2.25. The van der Waals surface area contributed by atoms with Crippen molar-refractivity contribution in [2.75, 3.05) is 27.9 Å². The summed E-state index contributed by atoms with van der Waals surface area (Å²) in [4.78, 5) is 15.0. The van der Waals surface area contributed by atoms with Gasteiger partial charge >= 0.3 is 5.97 Å². The third-order valence-corrected chi connectivity index (χ3v) is 6.04. The van der Waals surface area contributed by atoms with Crippen LogP contribution in [0.4, 0.5) is 0 Å². The largest absolute Gasteiger partial charge is 0.493 e. The number of ether oxygens (including phenoxy) is 3. The molecule has 0 aliphatic carbocycles. The first-order valence-corrected chi connectivity index (χ1v) is 9.71. The van der Waals surface area contributed by atoms with Crippen LogP contribution >= 0.6 is 11.3 Å². The third kappa shape index (κ3) is 3.75. The van der Waals surface area contributed by atoms with E-state index in [-0.39, 0.29) is 6.04 Å². The molecule has 0 radical (unpaired) electrons. The Bertz CT molecular complexity index is 793. The molecule has 1 aliphatic rings. The van der Waals surface area contributed by atoms with Gasteiger partial charge in [0.2, 0.25) is 5.75 Å². The molecule has 2 atom stereocenters.